The third kappa shape index (κ3) is 1.46. The second-order valence-corrected chi connectivity index (χ2v) is 3.85. The van der Waals surface area contributed by atoms with Crippen LogP contribution in [0.4, 0.5) is 0 Å². The first-order valence-corrected chi connectivity index (χ1v) is 5.30. The van der Waals surface area contributed by atoms with Gasteiger partial charge in [-0.05, 0) is 31.2 Å². The zero-order valence-corrected chi connectivity index (χ0v) is 9.49. The fourth-order valence-electron chi connectivity index (χ4n) is 1.81. The van der Waals surface area contributed by atoms with Crippen molar-refractivity contribution in [3.63, 3.8) is 0 Å². The van der Waals surface area contributed by atoms with Gasteiger partial charge in [0.15, 0.2) is 11.4 Å². The van der Waals surface area contributed by atoms with Crippen molar-refractivity contribution in [3.8, 4) is 11.6 Å². The number of hydrogen-bond acceptors (Lipinski definition) is 4. The number of rotatable bonds is 2. The number of carboxylic acid groups (broad SMARTS) is 1. The van der Waals surface area contributed by atoms with Gasteiger partial charge in [0.2, 0.25) is 5.82 Å². The van der Waals surface area contributed by atoms with Crippen molar-refractivity contribution in [2.24, 2.45) is 0 Å². The molecule has 0 amide bonds. The van der Waals surface area contributed by atoms with Crippen molar-refractivity contribution < 1.29 is 14.3 Å². The maximum absolute atomic E-state index is 11.1. The molecule has 18 heavy (non-hydrogen) atoms. The van der Waals surface area contributed by atoms with Crippen molar-refractivity contribution in [2.45, 2.75) is 6.92 Å². The molecule has 0 unspecified atom stereocenters. The number of carbonyl (C=O) groups is 1. The summed E-state index contributed by atoms with van der Waals surface area (Å²) in [6.07, 6.45) is 1.70. The highest BCUT2D eigenvalue weighted by molar-refractivity contribution is 5.94. The van der Waals surface area contributed by atoms with Crippen molar-refractivity contribution in [3.05, 3.63) is 41.8 Å². The summed E-state index contributed by atoms with van der Waals surface area (Å²) in [4.78, 5) is 11.1. The van der Waals surface area contributed by atoms with Gasteiger partial charge >= 0.3 is 5.97 Å². The number of nitrogens with zero attached hydrogens (tertiary/aromatic N) is 3. The molecule has 0 saturated heterocycles. The number of aromatic carboxylic acids is 1. The number of fused-ring (bicyclic) bond motifs is 1. The largest absolute Gasteiger partial charge is 0.478 e. The summed E-state index contributed by atoms with van der Waals surface area (Å²) in [6.45, 7) is 1.83. The van der Waals surface area contributed by atoms with Gasteiger partial charge in [-0.25, -0.2) is 4.79 Å². The van der Waals surface area contributed by atoms with Crippen LogP contribution in [0.5, 0.6) is 0 Å². The summed E-state index contributed by atoms with van der Waals surface area (Å²) in [5.74, 6) is 0.773. The molecule has 3 heterocycles. The minimum absolute atomic E-state index is 0.111. The molecule has 0 aliphatic carbocycles. The van der Waals surface area contributed by atoms with E-state index in [1.807, 2.05) is 13.0 Å². The van der Waals surface area contributed by atoms with Crippen LogP contribution in [-0.4, -0.2) is 25.7 Å². The van der Waals surface area contributed by atoms with Gasteiger partial charge in [-0.2, -0.15) is 0 Å². The van der Waals surface area contributed by atoms with E-state index in [0.717, 1.165) is 5.76 Å². The number of carboxylic acids is 1. The van der Waals surface area contributed by atoms with E-state index in [2.05, 4.69) is 10.2 Å². The first-order chi connectivity index (χ1) is 8.66. The van der Waals surface area contributed by atoms with Crippen LogP contribution in [0.15, 0.2) is 34.9 Å². The summed E-state index contributed by atoms with van der Waals surface area (Å²) in [7, 11) is 0. The van der Waals surface area contributed by atoms with Gasteiger partial charge in [0.1, 0.15) is 11.3 Å². The van der Waals surface area contributed by atoms with Gasteiger partial charge in [0.05, 0.1) is 0 Å². The molecule has 0 spiro atoms. The maximum Gasteiger partial charge on any atom is 0.339 e. The summed E-state index contributed by atoms with van der Waals surface area (Å²) in [5.41, 5.74) is 0.411. The van der Waals surface area contributed by atoms with E-state index in [0.29, 0.717) is 17.2 Å². The van der Waals surface area contributed by atoms with Crippen LogP contribution in [0.1, 0.15) is 16.1 Å². The molecule has 3 rings (SSSR count). The van der Waals surface area contributed by atoms with E-state index >= 15 is 0 Å². The first-order valence-electron chi connectivity index (χ1n) is 5.30. The van der Waals surface area contributed by atoms with E-state index in [1.54, 1.807) is 22.7 Å². The lowest BCUT2D eigenvalue weighted by Crippen LogP contribution is -2.00. The SMILES string of the molecule is Cc1ccc(-c2nnc3c(C(=O)O)cccn23)o1. The molecule has 6 nitrogen and oxygen atoms in total. The smallest absolute Gasteiger partial charge is 0.339 e. The molecule has 3 aromatic heterocycles. The Kier molecular flexibility index (Phi) is 2.16. The Morgan fingerprint density at radius 2 is 2.17 bits per heavy atom. The van der Waals surface area contributed by atoms with Crippen molar-refractivity contribution in [2.75, 3.05) is 0 Å². The summed E-state index contributed by atoms with van der Waals surface area (Å²) < 4.78 is 7.06. The number of aryl methyl sites for hydroxylation is 1. The Labute approximate surface area is 101 Å². The molecule has 0 aliphatic heterocycles. The third-order valence-corrected chi connectivity index (χ3v) is 2.63. The highest BCUT2D eigenvalue weighted by Crippen LogP contribution is 2.21. The second-order valence-electron chi connectivity index (χ2n) is 3.85. The average Bonchev–Trinajstić information content (AvgIpc) is 2.93. The molecule has 1 N–H and O–H groups in total. The van der Waals surface area contributed by atoms with E-state index in [9.17, 15) is 4.79 Å². The van der Waals surface area contributed by atoms with Gasteiger partial charge in [-0.3, -0.25) is 4.40 Å². The summed E-state index contributed by atoms with van der Waals surface area (Å²) in [6, 6.07) is 6.72. The number of hydrogen-bond donors (Lipinski definition) is 1. The minimum Gasteiger partial charge on any atom is -0.478 e. The maximum atomic E-state index is 11.1. The molecule has 3 aromatic rings. The van der Waals surface area contributed by atoms with Crippen LogP contribution in [0, 0.1) is 6.92 Å². The van der Waals surface area contributed by atoms with Gasteiger partial charge in [-0.1, -0.05) is 0 Å². The average molecular weight is 243 g/mol. The molecule has 0 atom stereocenters. The van der Waals surface area contributed by atoms with Crippen LogP contribution in [-0.2, 0) is 0 Å². The Hall–Kier alpha value is -2.63. The fraction of sp³-hybridized carbons (Fsp3) is 0.0833. The molecule has 90 valence electrons. The molecule has 0 radical (unpaired) electrons. The topological polar surface area (TPSA) is 80.6 Å². The lowest BCUT2D eigenvalue weighted by atomic mass is 10.2. The minimum atomic E-state index is -1.03. The number of furan rings is 1. The quantitative estimate of drug-likeness (QED) is 0.744. The first kappa shape index (κ1) is 10.5. The molecule has 0 aliphatic rings. The van der Waals surface area contributed by atoms with Crippen molar-refractivity contribution in [1.82, 2.24) is 14.6 Å². The Balaban J connectivity index is 2.27. The lowest BCUT2D eigenvalue weighted by molar-refractivity contribution is 0.0698. The van der Waals surface area contributed by atoms with Crippen LogP contribution >= 0.6 is 0 Å². The summed E-state index contributed by atoms with van der Waals surface area (Å²) >= 11 is 0. The fourth-order valence-corrected chi connectivity index (χ4v) is 1.81. The Morgan fingerprint density at radius 3 is 2.83 bits per heavy atom. The number of pyridine rings is 1. The van der Waals surface area contributed by atoms with Crippen LogP contribution < -0.4 is 0 Å². The van der Waals surface area contributed by atoms with E-state index < -0.39 is 5.97 Å². The van der Waals surface area contributed by atoms with E-state index in [-0.39, 0.29) is 5.56 Å². The molecule has 0 saturated carbocycles. The van der Waals surface area contributed by atoms with Gasteiger partial charge in [-0.15, -0.1) is 10.2 Å². The lowest BCUT2D eigenvalue weighted by Gasteiger charge is -1.98. The van der Waals surface area contributed by atoms with E-state index in [1.165, 1.54) is 6.07 Å². The predicted molar refractivity (Wildman–Crippen MR) is 62.4 cm³/mol. The molecule has 0 bridgehead atoms. The molecule has 6 heteroatoms. The highest BCUT2D eigenvalue weighted by Gasteiger charge is 2.16. The normalized spacial score (nSPS) is 10.9. The van der Waals surface area contributed by atoms with Gasteiger partial charge < -0.3 is 9.52 Å². The number of aromatic nitrogens is 3. The van der Waals surface area contributed by atoms with Crippen molar-refractivity contribution in [1.29, 1.82) is 0 Å². The zero-order valence-electron chi connectivity index (χ0n) is 9.49. The molecular weight excluding hydrogens is 234 g/mol. The second kappa shape index (κ2) is 3.69. The predicted octanol–water partition coefficient (Wildman–Crippen LogP) is 2.00. The van der Waals surface area contributed by atoms with Crippen LogP contribution in [0.3, 0.4) is 0 Å². The molecule has 0 aromatic carbocycles. The van der Waals surface area contributed by atoms with Crippen LogP contribution in [0.2, 0.25) is 0 Å². The van der Waals surface area contributed by atoms with Gasteiger partial charge in [0.25, 0.3) is 0 Å². The Morgan fingerprint density at radius 1 is 1.33 bits per heavy atom. The molecular formula is C12H9N3O3. The van der Waals surface area contributed by atoms with Crippen molar-refractivity contribution >= 4 is 11.6 Å². The van der Waals surface area contributed by atoms with E-state index in [4.69, 9.17) is 9.52 Å². The zero-order chi connectivity index (χ0) is 12.7. The van der Waals surface area contributed by atoms with Gasteiger partial charge in [0, 0.05) is 6.20 Å². The summed E-state index contributed by atoms with van der Waals surface area (Å²) in [5, 5.41) is 16.9. The standard InChI is InChI=1S/C12H9N3O3/c1-7-4-5-9(18-7)11-14-13-10-8(12(16)17)3-2-6-15(10)11/h2-6H,1H3,(H,16,17). The Bertz CT molecular complexity index is 742. The third-order valence-electron chi connectivity index (χ3n) is 2.63. The highest BCUT2D eigenvalue weighted by atomic mass is 16.4. The molecule has 0 fully saturated rings. The van der Waals surface area contributed by atoms with Crippen LogP contribution in [0.25, 0.3) is 17.2 Å². The monoisotopic (exact) mass is 243 g/mol.